The fraction of sp³-hybridized carbons (Fsp3) is 0.308. The molecule has 0 unspecified atom stereocenters. The second-order valence-electron chi connectivity index (χ2n) is 5.54. The maximum atomic E-state index is 9.98. The van der Waals surface area contributed by atoms with Crippen molar-refractivity contribution >= 4 is 32.2 Å². The van der Waals surface area contributed by atoms with Crippen molar-refractivity contribution in [1.82, 2.24) is 19.8 Å². The highest BCUT2D eigenvalue weighted by atomic mass is 79.9. The molecule has 3 aromatic rings. The molecule has 0 spiro atoms. The first-order valence-electron chi connectivity index (χ1n) is 6.08. The number of aromatic nitrogens is 4. The number of hydrogen-bond donors (Lipinski definition) is 1. The van der Waals surface area contributed by atoms with E-state index in [-0.39, 0.29) is 11.2 Å². The summed E-state index contributed by atoms with van der Waals surface area (Å²) in [6.45, 7) is 6.21. The molecule has 0 saturated carbocycles. The lowest BCUT2D eigenvalue weighted by atomic mass is 9.96. The Morgan fingerprint density at radius 2 is 2.00 bits per heavy atom. The predicted octanol–water partition coefficient (Wildman–Crippen LogP) is 3.62. The summed E-state index contributed by atoms with van der Waals surface area (Å²) in [5, 5.41) is 23.6. The molecule has 104 valence electrons. The van der Waals surface area contributed by atoms with Gasteiger partial charge in [-0.15, -0.1) is 10.2 Å². The van der Waals surface area contributed by atoms with Gasteiger partial charge in [0.15, 0.2) is 10.8 Å². The van der Waals surface area contributed by atoms with Gasteiger partial charge >= 0.3 is 0 Å². The van der Waals surface area contributed by atoms with Gasteiger partial charge in [-0.05, 0) is 18.2 Å². The molecule has 0 saturated heterocycles. The number of rotatable bonds is 1. The lowest BCUT2D eigenvalue weighted by Gasteiger charge is -2.13. The monoisotopic (exact) mass is 352 g/mol. The van der Waals surface area contributed by atoms with Gasteiger partial charge in [-0.2, -0.15) is 9.61 Å². The van der Waals surface area contributed by atoms with Crippen molar-refractivity contribution in [1.29, 1.82) is 0 Å². The van der Waals surface area contributed by atoms with Gasteiger partial charge < -0.3 is 5.11 Å². The maximum Gasteiger partial charge on any atom is 0.235 e. The number of phenols is 1. The zero-order valence-electron chi connectivity index (χ0n) is 11.3. The highest BCUT2D eigenvalue weighted by molar-refractivity contribution is 9.10. The minimum atomic E-state index is -0.135. The number of nitrogens with zero attached hydrogens (tertiary/aromatic N) is 4. The summed E-state index contributed by atoms with van der Waals surface area (Å²) >= 11 is 4.81. The SMILES string of the molecule is CC(C)(C)c1nnc2sc(-c3cc(Br)ccc3O)nn12. The van der Waals surface area contributed by atoms with E-state index in [1.807, 2.05) is 6.07 Å². The minimum Gasteiger partial charge on any atom is -0.507 e. The molecule has 1 aromatic carbocycles. The zero-order valence-corrected chi connectivity index (χ0v) is 13.7. The molecule has 0 bridgehead atoms. The van der Waals surface area contributed by atoms with E-state index in [9.17, 15) is 5.11 Å². The van der Waals surface area contributed by atoms with Crippen molar-refractivity contribution in [2.24, 2.45) is 0 Å². The van der Waals surface area contributed by atoms with Gasteiger partial charge in [0.05, 0.1) is 5.56 Å². The van der Waals surface area contributed by atoms with Crippen LogP contribution < -0.4 is 0 Å². The van der Waals surface area contributed by atoms with E-state index in [0.717, 1.165) is 20.3 Å². The first kappa shape index (κ1) is 13.5. The van der Waals surface area contributed by atoms with Gasteiger partial charge in [0, 0.05) is 9.89 Å². The van der Waals surface area contributed by atoms with Crippen LogP contribution in [0.4, 0.5) is 0 Å². The van der Waals surface area contributed by atoms with Gasteiger partial charge in [-0.3, -0.25) is 0 Å². The Kier molecular flexibility index (Phi) is 3.06. The Bertz CT molecular complexity index is 787. The number of aromatic hydroxyl groups is 1. The van der Waals surface area contributed by atoms with Crippen LogP contribution >= 0.6 is 27.3 Å². The van der Waals surface area contributed by atoms with E-state index >= 15 is 0 Å². The van der Waals surface area contributed by atoms with E-state index in [1.54, 1.807) is 16.6 Å². The summed E-state index contributed by atoms with van der Waals surface area (Å²) in [6.07, 6.45) is 0. The molecule has 3 rings (SSSR count). The summed E-state index contributed by atoms with van der Waals surface area (Å²) in [5.74, 6) is 1.01. The molecule has 7 heteroatoms. The van der Waals surface area contributed by atoms with Gasteiger partial charge in [0.25, 0.3) is 0 Å². The summed E-state index contributed by atoms with van der Waals surface area (Å²) in [7, 11) is 0. The van der Waals surface area contributed by atoms with Crippen molar-refractivity contribution < 1.29 is 5.11 Å². The van der Waals surface area contributed by atoms with Gasteiger partial charge in [-0.25, -0.2) is 0 Å². The molecule has 1 N–H and O–H groups in total. The van der Waals surface area contributed by atoms with Gasteiger partial charge in [0.1, 0.15) is 5.75 Å². The van der Waals surface area contributed by atoms with Crippen LogP contribution in [0.25, 0.3) is 15.5 Å². The molecule has 5 nitrogen and oxygen atoms in total. The van der Waals surface area contributed by atoms with Crippen LogP contribution in [0.15, 0.2) is 22.7 Å². The molecular weight excluding hydrogens is 340 g/mol. The first-order valence-corrected chi connectivity index (χ1v) is 7.69. The largest absolute Gasteiger partial charge is 0.507 e. The normalized spacial score (nSPS) is 12.2. The summed E-state index contributed by atoms with van der Waals surface area (Å²) in [5.41, 5.74) is 0.555. The molecule has 0 aliphatic rings. The van der Waals surface area contributed by atoms with E-state index in [0.29, 0.717) is 5.56 Å². The minimum absolute atomic E-state index is 0.135. The Hall–Kier alpha value is -1.47. The van der Waals surface area contributed by atoms with Gasteiger partial charge in [-0.1, -0.05) is 48.0 Å². The van der Waals surface area contributed by atoms with Crippen LogP contribution in [-0.4, -0.2) is 24.9 Å². The molecule has 0 atom stereocenters. The quantitative estimate of drug-likeness (QED) is 0.726. The van der Waals surface area contributed by atoms with Gasteiger partial charge in [0.2, 0.25) is 4.96 Å². The number of phenolic OH excluding ortho intramolecular Hbond substituents is 1. The lowest BCUT2D eigenvalue weighted by Crippen LogP contribution is -2.16. The van der Waals surface area contributed by atoms with Crippen LogP contribution in [0.2, 0.25) is 0 Å². The van der Waals surface area contributed by atoms with Crippen LogP contribution in [0, 0.1) is 0 Å². The van der Waals surface area contributed by atoms with E-state index < -0.39 is 0 Å². The predicted molar refractivity (Wildman–Crippen MR) is 82.2 cm³/mol. The van der Waals surface area contributed by atoms with Crippen molar-refractivity contribution in [2.45, 2.75) is 26.2 Å². The second-order valence-corrected chi connectivity index (χ2v) is 7.41. The zero-order chi connectivity index (χ0) is 14.5. The summed E-state index contributed by atoms with van der Waals surface area (Å²) < 4.78 is 2.65. The van der Waals surface area contributed by atoms with E-state index in [1.165, 1.54) is 11.3 Å². The number of hydrogen-bond acceptors (Lipinski definition) is 5. The Balaban J connectivity index is 2.19. The highest BCUT2D eigenvalue weighted by Gasteiger charge is 2.24. The molecule has 0 radical (unpaired) electrons. The number of fused-ring (bicyclic) bond motifs is 1. The van der Waals surface area contributed by atoms with E-state index in [2.05, 4.69) is 52.0 Å². The Labute approximate surface area is 128 Å². The molecular formula is C13H13BrN4OS. The van der Waals surface area contributed by atoms with Crippen LogP contribution in [-0.2, 0) is 5.41 Å². The van der Waals surface area contributed by atoms with Crippen molar-refractivity contribution in [3.8, 4) is 16.3 Å². The molecule has 2 heterocycles. The topological polar surface area (TPSA) is 63.3 Å². The maximum absolute atomic E-state index is 9.98. The third kappa shape index (κ3) is 2.20. The fourth-order valence-corrected chi connectivity index (χ4v) is 3.10. The number of halogens is 1. The third-order valence-electron chi connectivity index (χ3n) is 2.85. The molecule has 0 aliphatic heterocycles. The van der Waals surface area contributed by atoms with E-state index in [4.69, 9.17) is 0 Å². The molecule has 0 amide bonds. The van der Waals surface area contributed by atoms with Crippen LogP contribution in [0.5, 0.6) is 5.75 Å². The second kappa shape index (κ2) is 4.53. The fourth-order valence-electron chi connectivity index (χ4n) is 1.87. The average molecular weight is 353 g/mol. The first-order chi connectivity index (χ1) is 9.36. The number of benzene rings is 1. The van der Waals surface area contributed by atoms with Crippen molar-refractivity contribution in [2.75, 3.05) is 0 Å². The molecule has 20 heavy (non-hydrogen) atoms. The molecule has 0 aliphatic carbocycles. The smallest absolute Gasteiger partial charge is 0.235 e. The summed E-state index contributed by atoms with van der Waals surface area (Å²) in [6, 6.07) is 5.28. The van der Waals surface area contributed by atoms with Crippen molar-refractivity contribution in [3.63, 3.8) is 0 Å². The highest BCUT2D eigenvalue weighted by Crippen LogP contribution is 2.35. The van der Waals surface area contributed by atoms with Crippen LogP contribution in [0.1, 0.15) is 26.6 Å². The molecule has 2 aromatic heterocycles. The summed E-state index contributed by atoms with van der Waals surface area (Å²) in [4.78, 5) is 0.726. The third-order valence-corrected chi connectivity index (χ3v) is 4.28. The Morgan fingerprint density at radius 1 is 1.25 bits per heavy atom. The average Bonchev–Trinajstić information content (AvgIpc) is 2.89. The van der Waals surface area contributed by atoms with Crippen LogP contribution in [0.3, 0.4) is 0 Å². The lowest BCUT2D eigenvalue weighted by molar-refractivity contribution is 0.477. The standard InChI is InChI=1S/C13H13BrN4OS/c1-13(2,3)11-15-16-12-18(11)17-10(20-12)8-6-7(14)4-5-9(8)19/h4-6,19H,1-3H3. The molecule has 0 fully saturated rings. The van der Waals surface area contributed by atoms with Crippen molar-refractivity contribution in [3.05, 3.63) is 28.5 Å². The Morgan fingerprint density at radius 3 is 2.70 bits per heavy atom.